The average molecular weight is 450 g/mol. The van der Waals surface area contributed by atoms with E-state index >= 15 is 0 Å². The lowest BCUT2D eigenvalue weighted by molar-refractivity contribution is -0.118. The van der Waals surface area contributed by atoms with Crippen molar-refractivity contribution in [1.29, 1.82) is 0 Å². The van der Waals surface area contributed by atoms with Crippen LogP contribution in [0.25, 0.3) is 22.3 Å². The second kappa shape index (κ2) is 9.70. The van der Waals surface area contributed by atoms with Gasteiger partial charge in [0.1, 0.15) is 11.6 Å². The number of carbonyl (C=O) groups excluding carboxylic acids is 1. The van der Waals surface area contributed by atoms with E-state index < -0.39 is 5.82 Å². The summed E-state index contributed by atoms with van der Waals surface area (Å²) in [6.45, 7) is 2.12. The van der Waals surface area contributed by atoms with Gasteiger partial charge in [0.05, 0.1) is 10.5 Å². The lowest BCUT2D eigenvalue weighted by Gasteiger charge is -2.13. The molecular formula is C24H21ClFN5O. The van der Waals surface area contributed by atoms with Crippen molar-refractivity contribution in [3.8, 4) is 11.4 Å². The molecule has 32 heavy (non-hydrogen) atoms. The van der Waals surface area contributed by atoms with Crippen molar-refractivity contribution in [2.75, 3.05) is 11.9 Å². The van der Waals surface area contributed by atoms with Crippen LogP contribution < -0.4 is 10.6 Å². The van der Waals surface area contributed by atoms with Crippen LogP contribution in [0.2, 0.25) is 5.02 Å². The van der Waals surface area contributed by atoms with Crippen molar-refractivity contribution in [2.45, 2.75) is 19.8 Å². The van der Waals surface area contributed by atoms with E-state index in [1.54, 1.807) is 18.5 Å². The van der Waals surface area contributed by atoms with E-state index in [0.29, 0.717) is 23.9 Å². The molecule has 0 unspecified atom stereocenters. The van der Waals surface area contributed by atoms with Gasteiger partial charge >= 0.3 is 0 Å². The predicted molar refractivity (Wildman–Crippen MR) is 124 cm³/mol. The van der Waals surface area contributed by atoms with Gasteiger partial charge in [-0.05, 0) is 60.9 Å². The van der Waals surface area contributed by atoms with Crippen LogP contribution in [0.1, 0.15) is 18.9 Å². The fourth-order valence-corrected chi connectivity index (χ4v) is 3.50. The minimum absolute atomic E-state index is 0.0273. The Labute approximate surface area is 189 Å². The zero-order valence-electron chi connectivity index (χ0n) is 17.4. The van der Waals surface area contributed by atoms with E-state index in [1.807, 2.05) is 30.3 Å². The second-order valence-electron chi connectivity index (χ2n) is 7.33. The number of pyridine rings is 1. The SMILES string of the molecule is CC(=O)NCCCc1ccc2nc(-c3cccnc3)nc(Nc3ccc(F)c(Cl)c3)c2c1. The van der Waals surface area contributed by atoms with Crippen molar-refractivity contribution in [3.05, 3.63) is 77.3 Å². The first-order valence-corrected chi connectivity index (χ1v) is 10.5. The van der Waals surface area contributed by atoms with Crippen LogP contribution in [0.5, 0.6) is 0 Å². The van der Waals surface area contributed by atoms with Crippen molar-refractivity contribution >= 4 is 39.9 Å². The number of rotatable bonds is 7. The maximum atomic E-state index is 13.6. The van der Waals surface area contributed by atoms with Crippen LogP contribution in [-0.4, -0.2) is 27.4 Å². The van der Waals surface area contributed by atoms with Gasteiger partial charge < -0.3 is 10.6 Å². The van der Waals surface area contributed by atoms with Crippen LogP contribution in [0, 0.1) is 5.82 Å². The smallest absolute Gasteiger partial charge is 0.216 e. The van der Waals surface area contributed by atoms with Crippen molar-refractivity contribution in [1.82, 2.24) is 20.3 Å². The summed E-state index contributed by atoms with van der Waals surface area (Å²) in [7, 11) is 0. The summed E-state index contributed by atoms with van der Waals surface area (Å²) >= 11 is 5.96. The lowest BCUT2D eigenvalue weighted by Crippen LogP contribution is -2.21. The summed E-state index contributed by atoms with van der Waals surface area (Å²) < 4.78 is 13.6. The third kappa shape index (κ3) is 5.18. The molecule has 8 heteroatoms. The topological polar surface area (TPSA) is 79.8 Å². The number of hydrogen-bond donors (Lipinski definition) is 2. The Morgan fingerprint density at radius 1 is 1.12 bits per heavy atom. The van der Waals surface area contributed by atoms with Gasteiger partial charge in [0.2, 0.25) is 5.91 Å². The van der Waals surface area contributed by atoms with Crippen LogP contribution in [0.4, 0.5) is 15.9 Å². The molecule has 0 saturated carbocycles. The minimum atomic E-state index is -0.484. The van der Waals surface area contributed by atoms with E-state index in [9.17, 15) is 9.18 Å². The number of carbonyl (C=O) groups is 1. The van der Waals surface area contributed by atoms with Gasteiger partial charge in [-0.2, -0.15) is 0 Å². The van der Waals surface area contributed by atoms with Gasteiger partial charge in [-0.15, -0.1) is 0 Å². The molecule has 0 aliphatic heterocycles. The molecule has 162 valence electrons. The Hall–Kier alpha value is -3.58. The summed E-state index contributed by atoms with van der Waals surface area (Å²) in [6, 6.07) is 14.2. The van der Waals surface area contributed by atoms with Gasteiger partial charge in [0, 0.05) is 42.5 Å². The number of halogens is 2. The zero-order valence-corrected chi connectivity index (χ0v) is 18.2. The number of aromatic nitrogens is 3. The van der Waals surface area contributed by atoms with Crippen LogP contribution in [-0.2, 0) is 11.2 Å². The molecule has 0 fully saturated rings. The number of benzene rings is 2. The number of nitrogens with zero attached hydrogens (tertiary/aromatic N) is 3. The number of anilines is 2. The maximum Gasteiger partial charge on any atom is 0.216 e. The van der Waals surface area contributed by atoms with Crippen molar-refractivity contribution < 1.29 is 9.18 Å². The molecule has 2 N–H and O–H groups in total. The Morgan fingerprint density at radius 2 is 2.00 bits per heavy atom. The summed E-state index contributed by atoms with van der Waals surface area (Å²) in [5, 5.41) is 6.92. The Balaban J connectivity index is 1.72. The van der Waals surface area contributed by atoms with Crippen molar-refractivity contribution in [2.24, 2.45) is 0 Å². The fraction of sp³-hybridized carbons (Fsp3) is 0.167. The van der Waals surface area contributed by atoms with E-state index in [2.05, 4.69) is 15.6 Å². The summed E-state index contributed by atoms with van der Waals surface area (Å²) in [5.74, 6) is 0.589. The average Bonchev–Trinajstić information content (AvgIpc) is 2.79. The van der Waals surface area contributed by atoms with Gasteiger partial charge in [-0.1, -0.05) is 17.7 Å². The van der Waals surface area contributed by atoms with Gasteiger partial charge in [0.25, 0.3) is 0 Å². The molecule has 6 nitrogen and oxygen atoms in total. The molecule has 0 radical (unpaired) electrons. The molecule has 0 saturated heterocycles. The Bertz CT molecular complexity index is 1270. The van der Waals surface area contributed by atoms with Crippen molar-refractivity contribution in [3.63, 3.8) is 0 Å². The third-order valence-electron chi connectivity index (χ3n) is 4.88. The number of hydrogen-bond acceptors (Lipinski definition) is 5. The monoisotopic (exact) mass is 449 g/mol. The Kier molecular flexibility index (Phi) is 6.56. The third-order valence-corrected chi connectivity index (χ3v) is 5.17. The molecule has 0 aliphatic rings. The van der Waals surface area contributed by atoms with Crippen LogP contribution >= 0.6 is 11.6 Å². The largest absolute Gasteiger partial charge is 0.356 e. The molecule has 0 atom stereocenters. The summed E-state index contributed by atoms with van der Waals surface area (Å²) in [6.07, 6.45) is 5.01. The zero-order chi connectivity index (χ0) is 22.5. The van der Waals surface area contributed by atoms with E-state index in [1.165, 1.54) is 19.1 Å². The highest BCUT2D eigenvalue weighted by molar-refractivity contribution is 6.31. The van der Waals surface area contributed by atoms with E-state index in [0.717, 1.165) is 34.9 Å². The Morgan fingerprint density at radius 3 is 2.75 bits per heavy atom. The van der Waals surface area contributed by atoms with Crippen LogP contribution in [0.3, 0.4) is 0 Å². The number of nitrogens with one attached hydrogen (secondary N) is 2. The van der Waals surface area contributed by atoms with E-state index in [4.69, 9.17) is 21.6 Å². The molecule has 0 bridgehead atoms. The lowest BCUT2D eigenvalue weighted by atomic mass is 10.1. The molecule has 0 spiro atoms. The minimum Gasteiger partial charge on any atom is -0.356 e. The number of amides is 1. The van der Waals surface area contributed by atoms with Gasteiger partial charge in [0.15, 0.2) is 5.82 Å². The molecule has 0 aliphatic carbocycles. The normalized spacial score (nSPS) is 10.8. The first-order valence-electron chi connectivity index (χ1n) is 10.2. The highest BCUT2D eigenvalue weighted by Gasteiger charge is 2.12. The van der Waals surface area contributed by atoms with Crippen LogP contribution in [0.15, 0.2) is 60.9 Å². The standard InChI is InChI=1S/C24H21ClFN5O/c1-15(32)28-11-2-4-16-6-9-22-19(12-16)24(29-18-7-8-21(26)20(25)13-18)31-23(30-22)17-5-3-10-27-14-17/h3,5-10,12-14H,2,4,11H2,1H3,(H,28,32)(H,29,30,31). The van der Waals surface area contributed by atoms with E-state index in [-0.39, 0.29) is 10.9 Å². The highest BCUT2D eigenvalue weighted by atomic mass is 35.5. The highest BCUT2D eigenvalue weighted by Crippen LogP contribution is 2.29. The van der Waals surface area contributed by atoms with Gasteiger partial charge in [-0.25, -0.2) is 14.4 Å². The number of aryl methyl sites for hydroxylation is 1. The molecule has 2 aromatic heterocycles. The maximum absolute atomic E-state index is 13.6. The molecule has 4 aromatic rings. The molecule has 2 aromatic carbocycles. The summed E-state index contributed by atoms with van der Waals surface area (Å²) in [4.78, 5) is 24.7. The molecule has 1 amide bonds. The quantitative estimate of drug-likeness (QED) is 0.374. The fourth-order valence-electron chi connectivity index (χ4n) is 3.32. The second-order valence-corrected chi connectivity index (χ2v) is 7.74. The molecule has 4 rings (SSSR count). The van der Waals surface area contributed by atoms with Gasteiger partial charge in [-0.3, -0.25) is 9.78 Å². The molecule has 2 heterocycles. The predicted octanol–water partition coefficient (Wildman–Crippen LogP) is 5.30. The first-order chi connectivity index (χ1) is 15.5. The summed E-state index contributed by atoms with van der Waals surface area (Å²) in [5.41, 5.74) is 3.26. The number of fused-ring (bicyclic) bond motifs is 1. The first kappa shape index (κ1) is 21.6. The molecular weight excluding hydrogens is 429 g/mol.